The van der Waals surface area contributed by atoms with Gasteiger partial charge in [0.05, 0.1) is 23.0 Å². The van der Waals surface area contributed by atoms with E-state index in [1.165, 1.54) is 11.3 Å². The summed E-state index contributed by atoms with van der Waals surface area (Å²) in [5.41, 5.74) is 1.44. The molecule has 0 fully saturated rings. The van der Waals surface area contributed by atoms with Crippen molar-refractivity contribution < 1.29 is 9.53 Å². The number of nitrogens with one attached hydrogen (secondary N) is 2. The fourth-order valence-corrected chi connectivity index (χ4v) is 2.95. The van der Waals surface area contributed by atoms with Crippen molar-refractivity contribution in [2.24, 2.45) is 0 Å². The normalized spacial score (nSPS) is 11.0. The third-order valence-electron chi connectivity index (χ3n) is 3.57. The highest BCUT2D eigenvalue weighted by Crippen LogP contribution is 2.33. The number of para-hydroxylation sites is 1. The van der Waals surface area contributed by atoms with Gasteiger partial charge in [-0.25, -0.2) is 9.78 Å². The third kappa shape index (κ3) is 5.59. The van der Waals surface area contributed by atoms with Crippen LogP contribution in [-0.4, -0.2) is 35.6 Å². The molecule has 8 heteroatoms. The Bertz CT molecular complexity index is 720. The summed E-state index contributed by atoms with van der Waals surface area (Å²) in [7, 11) is 2.04. The van der Waals surface area contributed by atoms with Crippen LogP contribution >= 0.6 is 22.9 Å². The molecular weight excluding hydrogens is 360 g/mol. The quantitative estimate of drug-likeness (QED) is 0.729. The van der Waals surface area contributed by atoms with E-state index in [0.717, 1.165) is 12.2 Å². The number of hydrogen-bond acceptors (Lipinski definition) is 5. The van der Waals surface area contributed by atoms with Crippen LogP contribution in [0.1, 0.15) is 26.5 Å². The van der Waals surface area contributed by atoms with Gasteiger partial charge in [0.25, 0.3) is 0 Å². The molecule has 6 nitrogen and oxygen atoms in total. The molecule has 25 heavy (non-hydrogen) atoms. The highest BCUT2D eigenvalue weighted by atomic mass is 35.5. The second kappa shape index (κ2) is 9.03. The molecule has 0 atom stereocenters. The minimum atomic E-state index is -0.388. The molecule has 136 valence electrons. The van der Waals surface area contributed by atoms with Gasteiger partial charge in [0, 0.05) is 18.0 Å². The first-order valence-corrected chi connectivity index (χ1v) is 9.30. The number of aromatic nitrogens is 1. The molecule has 2 rings (SSSR count). The number of thiazole rings is 1. The molecular formula is C17H23ClN4O2S. The number of urea groups is 1. The minimum absolute atomic E-state index is 0.388. The Hall–Kier alpha value is -1.83. The maximum Gasteiger partial charge on any atom is 0.325 e. The average molecular weight is 383 g/mol. The van der Waals surface area contributed by atoms with E-state index in [1.807, 2.05) is 19.4 Å². The lowest BCUT2D eigenvalue weighted by Gasteiger charge is -2.19. The first-order valence-electron chi connectivity index (χ1n) is 8.04. The molecule has 1 aromatic carbocycles. The highest BCUT2D eigenvalue weighted by Gasteiger charge is 2.13. The predicted molar refractivity (Wildman–Crippen MR) is 104 cm³/mol. The number of amides is 2. The van der Waals surface area contributed by atoms with Gasteiger partial charge in [0.15, 0.2) is 10.9 Å². The van der Waals surface area contributed by atoms with E-state index >= 15 is 0 Å². The number of carbonyl (C=O) groups is 1. The maximum atomic E-state index is 12.2. The number of benzene rings is 1. The standard InChI is InChI=1S/C17H23ClN4O2S/c1-5-24-15-13(18)7-6-8-14(15)20-16(23)21-17-19-12(10-25-17)9-22(4)11(2)3/h6-8,10-11H,5,9H2,1-4H3,(H2,19,20,21,23). The number of anilines is 2. The average Bonchev–Trinajstić information content (AvgIpc) is 2.97. The molecule has 0 aliphatic heterocycles. The molecule has 0 bridgehead atoms. The van der Waals surface area contributed by atoms with E-state index in [4.69, 9.17) is 16.3 Å². The summed E-state index contributed by atoms with van der Waals surface area (Å²) in [6.07, 6.45) is 0. The lowest BCUT2D eigenvalue weighted by atomic mass is 10.3. The Morgan fingerprint density at radius 2 is 2.16 bits per heavy atom. The fourth-order valence-electron chi connectivity index (χ4n) is 2.02. The monoisotopic (exact) mass is 382 g/mol. The van der Waals surface area contributed by atoms with Crippen molar-refractivity contribution in [1.82, 2.24) is 9.88 Å². The zero-order valence-electron chi connectivity index (χ0n) is 14.8. The van der Waals surface area contributed by atoms with Crippen LogP contribution < -0.4 is 15.4 Å². The number of carbonyl (C=O) groups excluding carboxylic acids is 1. The zero-order chi connectivity index (χ0) is 18.4. The Morgan fingerprint density at radius 1 is 1.40 bits per heavy atom. The van der Waals surface area contributed by atoms with Gasteiger partial charge in [-0.05, 0) is 40.0 Å². The molecule has 0 saturated heterocycles. The third-order valence-corrected chi connectivity index (χ3v) is 4.67. The summed E-state index contributed by atoms with van der Waals surface area (Å²) < 4.78 is 5.50. The van der Waals surface area contributed by atoms with Crippen molar-refractivity contribution in [2.75, 3.05) is 24.3 Å². The SMILES string of the molecule is CCOc1c(Cl)cccc1NC(=O)Nc1nc(CN(C)C(C)C)cs1. The van der Waals surface area contributed by atoms with E-state index in [9.17, 15) is 4.79 Å². The molecule has 0 aliphatic rings. The Kier molecular flexibility index (Phi) is 7.04. The summed E-state index contributed by atoms with van der Waals surface area (Å²) in [5.74, 6) is 0.459. The van der Waals surface area contributed by atoms with Crippen LogP contribution in [0, 0.1) is 0 Å². The molecule has 0 unspecified atom stereocenters. The van der Waals surface area contributed by atoms with E-state index < -0.39 is 0 Å². The van der Waals surface area contributed by atoms with Crippen molar-refractivity contribution in [3.05, 3.63) is 34.3 Å². The molecule has 2 aromatic rings. The topological polar surface area (TPSA) is 66.5 Å². The Labute approximate surface area is 157 Å². The van der Waals surface area contributed by atoms with Gasteiger partial charge in [-0.2, -0.15) is 0 Å². The molecule has 2 amide bonds. The van der Waals surface area contributed by atoms with Crippen LogP contribution in [0.2, 0.25) is 5.02 Å². The highest BCUT2D eigenvalue weighted by molar-refractivity contribution is 7.13. The second-order valence-corrected chi connectivity index (χ2v) is 7.05. The molecule has 1 heterocycles. The van der Waals surface area contributed by atoms with E-state index in [2.05, 4.69) is 34.4 Å². The van der Waals surface area contributed by atoms with Gasteiger partial charge < -0.3 is 10.1 Å². The van der Waals surface area contributed by atoms with E-state index in [1.54, 1.807) is 18.2 Å². The second-order valence-electron chi connectivity index (χ2n) is 5.78. The van der Waals surface area contributed by atoms with Crippen LogP contribution in [0.5, 0.6) is 5.75 Å². The summed E-state index contributed by atoms with van der Waals surface area (Å²) in [6, 6.07) is 5.25. The van der Waals surface area contributed by atoms with Crippen molar-refractivity contribution >= 4 is 39.8 Å². The Balaban J connectivity index is 1.99. The molecule has 0 aliphatic carbocycles. The summed E-state index contributed by atoms with van der Waals surface area (Å²) in [4.78, 5) is 18.8. The zero-order valence-corrected chi connectivity index (χ0v) is 16.4. The number of ether oxygens (including phenoxy) is 1. The smallest absolute Gasteiger partial charge is 0.325 e. The van der Waals surface area contributed by atoms with Crippen LogP contribution in [-0.2, 0) is 6.54 Å². The fraction of sp³-hybridized carbons (Fsp3) is 0.412. The van der Waals surface area contributed by atoms with Crippen LogP contribution in [0.25, 0.3) is 0 Å². The summed E-state index contributed by atoms with van der Waals surface area (Å²) in [5, 5.41) is 8.43. The number of nitrogens with zero attached hydrogens (tertiary/aromatic N) is 2. The van der Waals surface area contributed by atoms with Crippen molar-refractivity contribution in [3.63, 3.8) is 0 Å². The van der Waals surface area contributed by atoms with Crippen LogP contribution in [0.15, 0.2) is 23.6 Å². The van der Waals surface area contributed by atoms with Crippen LogP contribution in [0.3, 0.4) is 0 Å². The lowest BCUT2D eigenvalue weighted by molar-refractivity contribution is 0.261. The molecule has 0 saturated carbocycles. The molecule has 1 aromatic heterocycles. The van der Waals surface area contributed by atoms with Crippen molar-refractivity contribution in [2.45, 2.75) is 33.4 Å². The summed E-state index contributed by atoms with van der Waals surface area (Å²) >= 11 is 7.51. The van der Waals surface area contributed by atoms with Gasteiger partial charge in [-0.15, -0.1) is 11.3 Å². The van der Waals surface area contributed by atoms with Crippen LogP contribution in [0.4, 0.5) is 15.6 Å². The van der Waals surface area contributed by atoms with Gasteiger partial charge in [0.2, 0.25) is 0 Å². The van der Waals surface area contributed by atoms with Crippen molar-refractivity contribution in [3.8, 4) is 5.75 Å². The van der Waals surface area contributed by atoms with Gasteiger partial charge in [-0.1, -0.05) is 17.7 Å². The van der Waals surface area contributed by atoms with Gasteiger partial charge in [-0.3, -0.25) is 10.2 Å². The Morgan fingerprint density at radius 3 is 2.84 bits per heavy atom. The molecule has 0 spiro atoms. The van der Waals surface area contributed by atoms with Gasteiger partial charge in [0.1, 0.15) is 0 Å². The number of rotatable bonds is 7. The maximum absolute atomic E-state index is 12.2. The molecule has 0 radical (unpaired) electrons. The van der Waals surface area contributed by atoms with Crippen molar-refractivity contribution in [1.29, 1.82) is 0 Å². The molecule has 2 N–H and O–H groups in total. The largest absolute Gasteiger partial charge is 0.490 e. The lowest BCUT2D eigenvalue weighted by Crippen LogP contribution is -2.25. The van der Waals surface area contributed by atoms with Gasteiger partial charge >= 0.3 is 6.03 Å². The van der Waals surface area contributed by atoms with E-state index in [0.29, 0.717) is 34.2 Å². The predicted octanol–water partition coefficient (Wildman–Crippen LogP) is 4.68. The summed E-state index contributed by atoms with van der Waals surface area (Å²) in [6.45, 7) is 7.30. The first kappa shape index (κ1) is 19.5. The minimum Gasteiger partial charge on any atom is -0.490 e. The first-order chi connectivity index (χ1) is 11.9. The number of halogens is 1. The van der Waals surface area contributed by atoms with E-state index in [-0.39, 0.29) is 6.03 Å². The number of hydrogen-bond donors (Lipinski definition) is 2.